The Morgan fingerprint density at radius 2 is 1.94 bits per heavy atom. The molecule has 1 aliphatic carbocycles. The molecule has 2 atom stereocenters. The molecule has 0 amide bonds. The van der Waals surface area contributed by atoms with Crippen LogP contribution < -0.4 is 0 Å². The van der Waals surface area contributed by atoms with Gasteiger partial charge in [-0.15, -0.1) is 0 Å². The van der Waals surface area contributed by atoms with Crippen molar-refractivity contribution in [1.82, 2.24) is 0 Å². The third-order valence-electron chi connectivity index (χ3n) is 3.69. The van der Waals surface area contributed by atoms with Gasteiger partial charge in [0, 0.05) is 0 Å². The SMILES string of the molecule is OC1c2ccccc2CC1Cc1cccc(F)c1. The van der Waals surface area contributed by atoms with Crippen molar-refractivity contribution in [2.75, 3.05) is 0 Å². The van der Waals surface area contributed by atoms with E-state index in [0.29, 0.717) is 6.42 Å². The van der Waals surface area contributed by atoms with Crippen molar-refractivity contribution in [2.45, 2.75) is 18.9 Å². The van der Waals surface area contributed by atoms with E-state index in [1.807, 2.05) is 24.3 Å². The number of fused-ring (bicyclic) bond motifs is 1. The fourth-order valence-electron chi connectivity index (χ4n) is 2.81. The molecule has 2 heteroatoms. The van der Waals surface area contributed by atoms with Crippen LogP contribution in [0.1, 0.15) is 22.8 Å². The zero-order valence-electron chi connectivity index (χ0n) is 10.0. The summed E-state index contributed by atoms with van der Waals surface area (Å²) in [5.74, 6) is -0.0540. The molecule has 0 bridgehead atoms. The molecule has 1 N–H and O–H groups in total. The van der Waals surface area contributed by atoms with E-state index in [9.17, 15) is 9.50 Å². The second-order valence-electron chi connectivity index (χ2n) is 4.94. The van der Waals surface area contributed by atoms with Crippen molar-refractivity contribution in [3.63, 3.8) is 0 Å². The van der Waals surface area contributed by atoms with Crippen LogP contribution in [-0.2, 0) is 12.8 Å². The van der Waals surface area contributed by atoms with Gasteiger partial charge in [-0.25, -0.2) is 4.39 Å². The molecule has 0 spiro atoms. The first kappa shape index (κ1) is 11.4. The van der Waals surface area contributed by atoms with Crippen molar-refractivity contribution < 1.29 is 9.50 Å². The largest absolute Gasteiger partial charge is 0.388 e. The number of aliphatic hydroxyl groups excluding tert-OH is 1. The highest BCUT2D eigenvalue weighted by atomic mass is 19.1. The van der Waals surface area contributed by atoms with E-state index in [2.05, 4.69) is 6.07 Å². The topological polar surface area (TPSA) is 20.2 Å². The molecule has 0 aliphatic heterocycles. The van der Waals surface area contributed by atoms with Crippen molar-refractivity contribution in [1.29, 1.82) is 0 Å². The Balaban J connectivity index is 1.81. The molecule has 2 aromatic rings. The Morgan fingerprint density at radius 3 is 2.72 bits per heavy atom. The van der Waals surface area contributed by atoms with Gasteiger partial charge in [-0.2, -0.15) is 0 Å². The first-order valence-corrected chi connectivity index (χ1v) is 6.24. The zero-order valence-corrected chi connectivity index (χ0v) is 10.0. The van der Waals surface area contributed by atoms with Gasteiger partial charge < -0.3 is 5.11 Å². The van der Waals surface area contributed by atoms with Crippen LogP contribution in [0.4, 0.5) is 4.39 Å². The predicted octanol–water partition coefficient (Wildman–Crippen LogP) is 3.27. The van der Waals surface area contributed by atoms with E-state index in [4.69, 9.17) is 0 Å². The normalized spacial score (nSPS) is 21.9. The van der Waals surface area contributed by atoms with Crippen LogP contribution in [0.3, 0.4) is 0 Å². The Hall–Kier alpha value is -1.67. The van der Waals surface area contributed by atoms with Crippen LogP contribution in [0, 0.1) is 11.7 Å². The van der Waals surface area contributed by atoms with Gasteiger partial charge in [-0.3, -0.25) is 0 Å². The van der Waals surface area contributed by atoms with E-state index in [1.54, 1.807) is 12.1 Å². The molecule has 0 fully saturated rings. The Morgan fingerprint density at radius 1 is 1.11 bits per heavy atom. The number of aliphatic hydroxyl groups is 1. The van der Waals surface area contributed by atoms with Crippen LogP contribution in [-0.4, -0.2) is 5.11 Å². The van der Waals surface area contributed by atoms with Gasteiger partial charge in [-0.1, -0.05) is 36.4 Å². The number of hydrogen-bond acceptors (Lipinski definition) is 1. The number of halogens is 1. The summed E-state index contributed by atoms with van der Waals surface area (Å²) in [5, 5.41) is 10.3. The summed E-state index contributed by atoms with van der Waals surface area (Å²) in [6.45, 7) is 0. The summed E-state index contributed by atoms with van der Waals surface area (Å²) in [4.78, 5) is 0. The highest BCUT2D eigenvalue weighted by Crippen LogP contribution is 2.37. The van der Waals surface area contributed by atoms with E-state index in [0.717, 1.165) is 17.5 Å². The van der Waals surface area contributed by atoms with E-state index in [-0.39, 0.29) is 11.7 Å². The van der Waals surface area contributed by atoms with Gasteiger partial charge in [0.1, 0.15) is 5.82 Å². The lowest BCUT2D eigenvalue weighted by molar-refractivity contribution is 0.123. The maximum absolute atomic E-state index is 13.1. The van der Waals surface area contributed by atoms with Gasteiger partial charge in [0.25, 0.3) is 0 Å². The van der Waals surface area contributed by atoms with Crippen LogP contribution in [0.5, 0.6) is 0 Å². The molecular weight excluding hydrogens is 227 g/mol. The zero-order chi connectivity index (χ0) is 12.5. The van der Waals surface area contributed by atoms with Crippen LogP contribution in [0.15, 0.2) is 48.5 Å². The van der Waals surface area contributed by atoms with Gasteiger partial charge in [0.05, 0.1) is 6.10 Å². The molecule has 0 saturated heterocycles. The van der Waals surface area contributed by atoms with E-state index in [1.165, 1.54) is 11.6 Å². The molecule has 92 valence electrons. The lowest BCUT2D eigenvalue weighted by Gasteiger charge is -2.15. The molecule has 0 saturated carbocycles. The maximum Gasteiger partial charge on any atom is 0.123 e. The fourth-order valence-corrected chi connectivity index (χ4v) is 2.81. The Kier molecular flexibility index (Phi) is 2.88. The molecule has 0 aromatic heterocycles. The molecule has 0 heterocycles. The molecule has 2 unspecified atom stereocenters. The third kappa shape index (κ3) is 2.04. The molecule has 1 nitrogen and oxygen atoms in total. The van der Waals surface area contributed by atoms with Gasteiger partial charge in [0.2, 0.25) is 0 Å². The van der Waals surface area contributed by atoms with Crippen LogP contribution >= 0.6 is 0 Å². The third-order valence-corrected chi connectivity index (χ3v) is 3.69. The first-order chi connectivity index (χ1) is 8.74. The summed E-state index contributed by atoms with van der Waals surface area (Å²) in [7, 11) is 0. The summed E-state index contributed by atoms with van der Waals surface area (Å²) >= 11 is 0. The minimum Gasteiger partial charge on any atom is -0.388 e. The van der Waals surface area contributed by atoms with Crippen molar-refractivity contribution in [2.24, 2.45) is 5.92 Å². The molecular formula is C16H15FO. The standard InChI is InChI=1S/C16H15FO/c17-14-6-3-4-11(9-14)8-13-10-12-5-1-2-7-15(12)16(13)18/h1-7,9,13,16,18H,8,10H2. The monoisotopic (exact) mass is 242 g/mol. The summed E-state index contributed by atoms with van der Waals surface area (Å²) < 4.78 is 13.1. The second kappa shape index (κ2) is 4.54. The van der Waals surface area contributed by atoms with Gasteiger partial charge >= 0.3 is 0 Å². The average molecular weight is 242 g/mol. The quantitative estimate of drug-likeness (QED) is 0.857. The van der Waals surface area contributed by atoms with Crippen LogP contribution in [0.25, 0.3) is 0 Å². The molecule has 0 radical (unpaired) electrons. The lowest BCUT2D eigenvalue weighted by atomic mass is 9.95. The minimum atomic E-state index is -0.426. The van der Waals surface area contributed by atoms with Gasteiger partial charge in [-0.05, 0) is 47.6 Å². The molecule has 18 heavy (non-hydrogen) atoms. The fraction of sp³-hybridized carbons (Fsp3) is 0.250. The van der Waals surface area contributed by atoms with Crippen molar-refractivity contribution in [3.05, 3.63) is 71.0 Å². The maximum atomic E-state index is 13.1. The predicted molar refractivity (Wildman–Crippen MR) is 68.7 cm³/mol. The lowest BCUT2D eigenvalue weighted by Crippen LogP contribution is -2.10. The van der Waals surface area contributed by atoms with Crippen molar-refractivity contribution >= 4 is 0 Å². The van der Waals surface area contributed by atoms with E-state index >= 15 is 0 Å². The second-order valence-corrected chi connectivity index (χ2v) is 4.94. The Labute approximate surface area is 106 Å². The van der Waals surface area contributed by atoms with Gasteiger partial charge in [0.15, 0.2) is 0 Å². The molecule has 2 aromatic carbocycles. The Bertz CT molecular complexity index is 565. The number of benzene rings is 2. The molecule has 3 rings (SSSR count). The van der Waals surface area contributed by atoms with Crippen LogP contribution in [0.2, 0.25) is 0 Å². The van der Waals surface area contributed by atoms with E-state index < -0.39 is 6.10 Å². The molecule has 1 aliphatic rings. The summed E-state index contributed by atoms with van der Waals surface area (Å²) in [6.07, 6.45) is 1.16. The highest BCUT2D eigenvalue weighted by molar-refractivity contribution is 5.35. The average Bonchev–Trinajstić information content (AvgIpc) is 2.67. The first-order valence-electron chi connectivity index (χ1n) is 6.24. The minimum absolute atomic E-state index is 0.157. The highest BCUT2D eigenvalue weighted by Gasteiger charge is 2.30. The van der Waals surface area contributed by atoms with Crippen molar-refractivity contribution in [3.8, 4) is 0 Å². The number of rotatable bonds is 2. The smallest absolute Gasteiger partial charge is 0.123 e. The summed E-state index contributed by atoms with van der Waals surface area (Å²) in [5.41, 5.74) is 3.19. The summed E-state index contributed by atoms with van der Waals surface area (Å²) in [6, 6.07) is 14.6. The number of hydrogen-bond donors (Lipinski definition) is 1.